The molecule has 102 valence electrons. The second-order valence-corrected chi connectivity index (χ2v) is 5.05. The van der Waals surface area contributed by atoms with Crippen molar-refractivity contribution in [2.24, 2.45) is 0 Å². The molecular weight excluding hydrogens is 314 g/mol. The minimum absolute atomic E-state index is 0.514. The molecule has 1 aromatic carbocycles. The number of halogens is 1. The van der Waals surface area contributed by atoms with Crippen molar-refractivity contribution in [3.63, 3.8) is 0 Å². The third-order valence-corrected chi connectivity index (χ3v) is 3.69. The second kappa shape index (κ2) is 7.66. The van der Waals surface area contributed by atoms with Gasteiger partial charge in [-0.3, -0.25) is 4.98 Å². The summed E-state index contributed by atoms with van der Waals surface area (Å²) in [5, 5.41) is 9.67. The Hall–Kier alpha value is -1.86. The predicted molar refractivity (Wildman–Crippen MR) is 84.6 cm³/mol. The molecule has 0 spiro atoms. The van der Waals surface area contributed by atoms with Crippen LogP contribution in [0.2, 0.25) is 0 Å². The molecule has 1 aromatic heterocycles. The molecule has 2 aromatic rings. The fourth-order valence-corrected chi connectivity index (χ4v) is 2.37. The number of benzene rings is 1. The molecule has 0 saturated heterocycles. The van der Waals surface area contributed by atoms with E-state index in [1.807, 2.05) is 12.3 Å². The van der Waals surface area contributed by atoms with Gasteiger partial charge >= 0.3 is 0 Å². The molecule has 4 heteroatoms. The number of alkyl halides is 1. The Morgan fingerprint density at radius 3 is 2.55 bits per heavy atom. The van der Waals surface area contributed by atoms with E-state index >= 15 is 0 Å². The first kappa shape index (κ1) is 14.5. The first-order valence-corrected chi connectivity index (χ1v) is 7.61. The van der Waals surface area contributed by atoms with Gasteiger partial charge in [0.15, 0.2) is 0 Å². The number of rotatable bonds is 6. The van der Waals surface area contributed by atoms with Crippen molar-refractivity contribution in [3.05, 3.63) is 59.9 Å². The summed E-state index contributed by atoms with van der Waals surface area (Å²) in [6.07, 6.45) is 4.15. The number of aromatic nitrogens is 1. The van der Waals surface area contributed by atoms with Gasteiger partial charge in [-0.1, -0.05) is 34.1 Å². The first-order valence-electron chi connectivity index (χ1n) is 6.49. The van der Waals surface area contributed by atoms with Crippen LogP contribution < -0.4 is 4.90 Å². The van der Waals surface area contributed by atoms with Gasteiger partial charge in [0.2, 0.25) is 0 Å². The van der Waals surface area contributed by atoms with Crippen LogP contribution in [-0.4, -0.2) is 11.5 Å². The van der Waals surface area contributed by atoms with Crippen molar-refractivity contribution in [3.8, 4) is 6.07 Å². The molecule has 3 nitrogen and oxygen atoms in total. The Morgan fingerprint density at radius 2 is 1.95 bits per heavy atom. The molecule has 0 aliphatic rings. The Balaban J connectivity index is 2.15. The Bertz CT molecular complexity index is 561. The molecule has 0 bridgehead atoms. The normalized spacial score (nSPS) is 10.0. The van der Waals surface area contributed by atoms with E-state index in [0.29, 0.717) is 6.42 Å². The van der Waals surface area contributed by atoms with E-state index < -0.39 is 0 Å². The quantitative estimate of drug-likeness (QED) is 0.754. The van der Waals surface area contributed by atoms with E-state index in [1.165, 1.54) is 5.56 Å². The molecule has 2 rings (SSSR count). The lowest BCUT2D eigenvalue weighted by Crippen LogP contribution is -2.23. The maximum Gasteiger partial charge on any atom is 0.0640 e. The maximum atomic E-state index is 8.82. The van der Waals surface area contributed by atoms with Crippen LogP contribution in [0.15, 0.2) is 48.8 Å². The molecular formula is C16H16BrN3. The lowest BCUT2D eigenvalue weighted by Gasteiger charge is -2.24. The van der Waals surface area contributed by atoms with Crippen molar-refractivity contribution in [1.29, 1.82) is 5.26 Å². The highest BCUT2D eigenvalue weighted by Gasteiger charge is 2.07. The fraction of sp³-hybridized carbons (Fsp3) is 0.250. The van der Waals surface area contributed by atoms with Crippen LogP contribution in [0.5, 0.6) is 0 Å². The monoisotopic (exact) mass is 329 g/mol. The molecule has 1 heterocycles. The highest BCUT2D eigenvalue weighted by Crippen LogP contribution is 2.19. The third kappa shape index (κ3) is 4.07. The molecule has 0 aliphatic carbocycles. The molecule has 0 radical (unpaired) electrons. The number of hydrogen-bond acceptors (Lipinski definition) is 3. The van der Waals surface area contributed by atoms with Crippen molar-refractivity contribution < 1.29 is 0 Å². The van der Waals surface area contributed by atoms with Crippen LogP contribution in [0.1, 0.15) is 17.5 Å². The topological polar surface area (TPSA) is 39.9 Å². The fourth-order valence-electron chi connectivity index (χ4n) is 1.99. The summed E-state index contributed by atoms with van der Waals surface area (Å²) in [5.74, 6) is 0. The van der Waals surface area contributed by atoms with Crippen LogP contribution in [0.25, 0.3) is 0 Å². The molecule has 0 atom stereocenters. The third-order valence-electron chi connectivity index (χ3n) is 3.05. The minimum atomic E-state index is 0.514. The summed E-state index contributed by atoms with van der Waals surface area (Å²) < 4.78 is 0. The lowest BCUT2D eigenvalue weighted by atomic mass is 10.2. The van der Waals surface area contributed by atoms with E-state index in [-0.39, 0.29) is 0 Å². The van der Waals surface area contributed by atoms with Gasteiger partial charge in [-0.15, -0.1) is 0 Å². The summed E-state index contributed by atoms with van der Waals surface area (Å²) in [7, 11) is 0. The zero-order valence-electron chi connectivity index (χ0n) is 11.2. The Labute approximate surface area is 128 Å². The highest BCUT2D eigenvalue weighted by molar-refractivity contribution is 9.08. The van der Waals surface area contributed by atoms with Gasteiger partial charge in [-0.25, -0.2) is 0 Å². The minimum Gasteiger partial charge on any atom is -0.366 e. The van der Waals surface area contributed by atoms with Gasteiger partial charge in [-0.2, -0.15) is 5.26 Å². The van der Waals surface area contributed by atoms with Crippen LogP contribution in [0, 0.1) is 11.3 Å². The van der Waals surface area contributed by atoms with Gasteiger partial charge in [0.05, 0.1) is 12.5 Å². The smallest absolute Gasteiger partial charge is 0.0640 e. The Kier molecular flexibility index (Phi) is 5.57. The first-order chi connectivity index (χ1) is 9.83. The van der Waals surface area contributed by atoms with Crippen LogP contribution in [0.4, 0.5) is 5.69 Å². The number of nitrogens with zero attached hydrogens (tertiary/aromatic N) is 3. The summed E-state index contributed by atoms with van der Waals surface area (Å²) in [4.78, 5) is 6.35. The van der Waals surface area contributed by atoms with Crippen molar-refractivity contribution in [1.82, 2.24) is 4.98 Å². The number of pyridine rings is 1. The van der Waals surface area contributed by atoms with Crippen molar-refractivity contribution in [2.45, 2.75) is 18.3 Å². The van der Waals surface area contributed by atoms with Gasteiger partial charge in [0.25, 0.3) is 0 Å². The van der Waals surface area contributed by atoms with Gasteiger partial charge < -0.3 is 4.90 Å². The molecule has 0 saturated carbocycles. The maximum absolute atomic E-state index is 8.82. The predicted octanol–water partition coefficient (Wildman–Crippen LogP) is 3.90. The number of hydrogen-bond donors (Lipinski definition) is 0. The second-order valence-electron chi connectivity index (χ2n) is 4.49. The van der Waals surface area contributed by atoms with Crippen LogP contribution in [0.3, 0.4) is 0 Å². The molecule has 0 unspecified atom stereocenters. The van der Waals surface area contributed by atoms with Crippen molar-refractivity contribution in [2.75, 3.05) is 11.4 Å². The van der Waals surface area contributed by atoms with E-state index in [1.54, 1.807) is 6.20 Å². The lowest BCUT2D eigenvalue weighted by molar-refractivity contribution is 0.795. The zero-order chi connectivity index (χ0) is 14.2. The molecule has 0 fully saturated rings. The SMILES string of the molecule is N#CCCN(Cc1cccnc1)c1ccc(CBr)cc1. The van der Waals surface area contributed by atoms with E-state index in [4.69, 9.17) is 5.26 Å². The van der Waals surface area contributed by atoms with Crippen molar-refractivity contribution >= 4 is 21.6 Å². The number of nitriles is 1. The van der Waals surface area contributed by atoms with Crippen LogP contribution >= 0.6 is 15.9 Å². The number of anilines is 1. The van der Waals surface area contributed by atoms with Gasteiger partial charge in [0.1, 0.15) is 0 Å². The molecule has 0 aliphatic heterocycles. The average Bonchev–Trinajstić information content (AvgIpc) is 2.52. The van der Waals surface area contributed by atoms with Gasteiger partial charge in [0, 0.05) is 36.5 Å². The zero-order valence-corrected chi connectivity index (χ0v) is 12.8. The molecule has 0 N–H and O–H groups in total. The van der Waals surface area contributed by atoms with E-state index in [9.17, 15) is 0 Å². The largest absolute Gasteiger partial charge is 0.366 e. The van der Waals surface area contributed by atoms with E-state index in [2.05, 4.69) is 62.2 Å². The summed E-state index contributed by atoms with van der Waals surface area (Å²) in [5.41, 5.74) is 3.53. The average molecular weight is 330 g/mol. The summed E-state index contributed by atoms with van der Waals surface area (Å²) >= 11 is 3.45. The van der Waals surface area contributed by atoms with Crippen LogP contribution in [-0.2, 0) is 11.9 Å². The summed E-state index contributed by atoms with van der Waals surface area (Å²) in [6.45, 7) is 1.49. The Morgan fingerprint density at radius 1 is 1.15 bits per heavy atom. The van der Waals surface area contributed by atoms with Gasteiger partial charge in [-0.05, 0) is 29.3 Å². The molecule has 0 amide bonds. The standard InChI is InChI=1S/C16H16BrN3/c17-11-14-4-6-16(7-5-14)20(10-2-8-18)13-15-3-1-9-19-12-15/h1,3-7,9,12H,2,10-11,13H2. The van der Waals surface area contributed by atoms with E-state index in [0.717, 1.165) is 29.7 Å². The summed E-state index contributed by atoms with van der Waals surface area (Å²) in [6, 6.07) is 14.6. The highest BCUT2D eigenvalue weighted by atomic mass is 79.9. The molecule has 20 heavy (non-hydrogen) atoms.